The molecule has 1 amide bonds. The number of amides is 1. The van der Waals surface area contributed by atoms with Gasteiger partial charge in [-0.3, -0.25) is 4.79 Å². The molecule has 2 rings (SSSR count). The van der Waals surface area contributed by atoms with Crippen molar-refractivity contribution in [1.82, 2.24) is 15.6 Å². The number of aromatic nitrogens is 1. The zero-order valence-corrected chi connectivity index (χ0v) is 13.9. The number of nitrogens with zero attached hydrogens (tertiary/aromatic N) is 1. The first-order valence-electron chi connectivity index (χ1n) is 8.67. The number of hydrogen-bond donors (Lipinski definition) is 2. The first-order valence-corrected chi connectivity index (χ1v) is 8.67. The molecule has 1 saturated heterocycles. The number of rotatable bonds is 8. The van der Waals surface area contributed by atoms with Crippen LogP contribution < -0.4 is 10.6 Å². The molecule has 0 aromatic carbocycles. The Morgan fingerprint density at radius 3 is 2.91 bits per heavy atom. The van der Waals surface area contributed by atoms with E-state index in [1.54, 1.807) is 0 Å². The average molecular weight is 307 g/mol. The summed E-state index contributed by atoms with van der Waals surface area (Å²) in [5, 5.41) is 6.34. The van der Waals surface area contributed by atoms with E-state index in [0.717, 1.165) is 38.8 Å². The maximum atomic E-state index is 12.2. The third-order valence-corrected chi connectivity index (χ3v) is 4.31. The van der Waals surface area contributed by atoms with Crippen LogP contribution in [-0.2, 0) is 0 Å². The fourth-order valence-corrected chi connectivity index (χ4v) is 2.90. The van der Waals surface area contributed by atoms with Crippen LogP contribution in [-0.4, -0.2) is 30.0 Å². The summed E-state index contributed by atoms with van der Waals surface area (Å²) in [6.45, 7) is 6.24. The minimum atomic E-state index is -0.119. The van der Waals surface area contributed by atoms with Crippen molar-refractivity contribution in [3.8, 4) is 0 Å². The van der Waals surface area contributed by atoms with Gasteiger partial charge in [-0.25, -0.2) is 4.98 Å². The standard InChI is InChI=1S/C17H29N3O2/c1-3-4-5-6-7-13(2)19-16(21)15-12-22-17(20-15)14-8-10-18-11-9-14/h12-14,18H,3-11H2,1-2H3,(H,19,21). The fraction of sp³-hybridized carbons (Fsp3) is 0.765. The third-order valence-electron chi connectivity index (χ3n) is 4.31. The predicted octanol–water partition coefficient (Wildman–Crippen LogP) is 3.23. The molecule has 0 spiro atoms. The Labute approximate surface area is 133 Å². The summed E-state index contributed by atoms with van der Waals surface area (Å²) in [7, 11) is 0. The van der Waals surface area contributed by atoms with Gasteiger partial charge in [0.1, 0.15) is 6.26 Å². The molecular formula is C17H29N3O2. The minimum Gasteiger partial charge on any atom is -0.448 e. The lowest BCUT2D eigenvalue weighted by molar-refractivity contribution is 0.0932. The van der Waals surface area contributed by atoms with Crippen molar-refractivity contribution < 1.29 is 9.21 Å². The Morgan fingerprint density at radius 1 is 1.41 bits per heavy atom. The van der Waals surface area contributed by atoms with Crippen LogP contribution in [0.4, 0.5) is 0 Å². The Hall–Kier alpha value is -1.36. The average Bonchev–Trinajstić information content (AvgIpc) is 3.02. The normalized spacial score (nSPS) is 17.4. The molecular weight excluding hydrogens is 278 g/mol. The van der Waals surface area contributed by atoms with Crippen molar-refractivity contribution in [2.24, 2.45) is 0 Å². The zero-order chi connectivity index (χ0) is 15.8. The SMILES string of the molecule is CCCCCCC(C)NC(=O)c1coc(C2CCNCC2)n1. The van der Waals surface area contributed by atoms with Crippen molar-refractivity contribution >= 4 is 5.91 Å². The number of unbranched alkanes of at least 4 members (excludes halogenated alkanes) is 3. The van der Waals surface area contributed by atoms with Crippen molar-refractivity contribution in [2.45, 2.75) is 70.8 Å². The van der Waals surface area contributed by atoms with Gasteiger partial charge >= 0.3 is 0 Å². The monoisotopic (exact) mass is 307 g/mol. The van der Waals surface area contributed by atoms with E-state index in [1.165, 1.54) is 25.5 Å². The number of oxazole rings is 1. The number of carbonyl (C=O) groups is 1. The molecule has 1 aromatic heterocycles. The van der Waals surface area contributed by atoms with Gasteiger partial charge in [0.25, 0.3) is 5.91 Å². The van der Waals surface area contributed by atoms with Crippen molar-refractivity contribution in [3.63, 3.8) is 0 Å². The summed E-state index contributed by atoms with van der Waals surface area (Å²) < 4.78 is 5.52. The van der Waals surface area contributed by atoms with E-state index in [0.29, 0.717) is 17.5 Å². The molecule has 1 aliphatic heterocycles. The summed E-state index contributed by atoms with van der Waals surface area (Å²) in [5.41, 5.74) is 0.411. The van der Waals surface area contributed by atoms with Crippen molar-refractivity contribution in [2.75, 3.05) is 13.1 Å². The van der Waals surface area contributed by atoms with E-state index in [9.17, 15) is 4.79 Å². The molecule has 0 bridgehead atoms. The summed E-state index contributed by atoms with van der Waals surface area (Å²) in [6, 6.07) is 0.184. The lowest BCUT2D eigenvalue weighted by Crippen LogP contribution is -2.32. The topological polar surface area (TPSA) is 67.2 Å². The Bertz CT molecular complexity index is 453. The summed E-state index contributed by atoms with van der Waals surface area (Å²) in [4.78, 5) is 16.6. The van der Waals surface area contributed by atoms with Gasteiger partial charge < -0.3 is 15.1 Å². The highest BCUT2D eigenvalue weighted by molar-refractivity contribution is 5.92. The second-order valence-corrected chi connectivity index (χ2v) is 6.32. The Balaban J connectivity index is 1.78. The van der Waals surface area contributed by atoms with Crippen molar-refractivity contribution in [1.29, 1.82) is 0 Å². The van der Waals surface area contributed by atoms with Crippen LogP contribution in [0.5, 0.6) is 0 Å². The molecule has 5 heteroatoms. The smallest absolute Gasteiger partial charge is 0.273 e. The van der Waals surface area contributed by atoms with Crippen LogP contribution in [0, 0.1) is 0 Å². The first-order chi connectivity index (χ1) is 10.7. The van der Waals surface area contributed by atoms with E-state index in [1.807, 2.05) is 0 Å². The van der Waals surface area contributed by atoms with Gasteiger partial charge in [-0.05, 0) is 39.3 Å². The maximum absolute atomic E-state index is 12.2. The van der Waals surface area contributed by atoms with Crippen LogP contribution >= 0.6 is 0 Å². The molecule has 2 heterocycles. The van der Waals surface area contributed by atoms with Gasteiger partial charge in [0, 0.05) is 12.0 Å². The molecule has 1 fully saturated rings. The quantitative estimate of drug-likeness (QED) is 0.724. The van der Waals surface area contributed by atoms with E-state index >= 15 is 0 Å². The van der Waals surface area contributed by atoms with Crippen LogP contribution in [0.2, 0.25) is 0 Å². The fourth-order valence-electron chi connectivity index (χ4n) is 2.90. The van der Waals surface area contributed by atoms with Crippen LogP contribution in [0.3, 0.4) is 0 Å². The molecule has 124 valence electrons. The largest absolute Gasteiger partial charge is 0.448 e. The van der Waals surface area contributed by atoms with Crippen LogP contribution in [0.15, 0.2) is 10.7 Å². The van der Waals surface area contributed by atoms with Gasteiger partial charge in [-0.2, -0.15) is 0 Å². The highest BCUT2D eigenvalue weighted by atomic mass is 16.3. The molecule has 22 heavy (non-hydrogen) atoms. The highest BCUT2D eigenvalue weighted by Crippen LogP contribution is 2.24. The van der Waals surface area contributed by atoms with Gasteiger partial charge in [0.05, 0.1) is 0 Å². The first kappa shape index (κ1) is 17.0. The molecule has 5 nitrogen and oxygen atoms in total. The number of piperidine rings is 1. The lowest BCUT2D eigenvalue weighted by Gasteiger charge is -2.19. The third kappa shape index (κ3) is 5.13. The Kier molecular flexibility index (Phi) is 6.90. The van der Waals surface area contributed by atoms with Gasteiger partial charge in [0.15, 0.2) is 11.6 Å². The maximum Gasteiger partial charge on any atom is 0.273 e. The molecule has 1 unspecified atom stereocenters. The Morgan fingerprint density at radius 2 is 2.18 bits per heavy atom. The molecule has 0 radical (unpaired) electrons. The molecule has 0 saturated carbocycles. The van der Waals surface area contributed by atoms with E-state index < -0.39 is 0 Å². The van der Waals surface area contributed by atoms with Gasteiger partial charge in [-0.1, -0.05) is 32.6 Å². The van der Waals surface area contributed by atoms with Gasteiger partial charge in [-0.15, -0.1) is 0 Å². The minimum absolute atomic E-state index is 0.119. The second-order valence-electron chi connectivity index (χ2n) is 6.32. The molecule has 2 N–H and O–H groups in total. The highest BCUT2D eigenvalue weighted by Gasteiger charge is 2.22. The summed E-state index contributed by atoms with van der Waals surface area (Å²) in [6.07, 6.45) is 9.46. The molecule has 0 aliphatic carbocycles. The van der Waals surface area contributed by atoms with Crippen molar-refractivity contribution in [3.05, 3.63) is 17.8 Å². The number of nitrogens with one attached hydrogen (secondary N) is 2. The van der Waals surface area contributed by atoms with E-state index in [-0.39, 0.29) is 11.9 Å². The lowest BCUT2D eigenvalue weighted by atomic mass is 9.98. The number of carbonyl (C=O) groups excluding carboxylic acids is 1. The second kappa shape index (κ2) is 8.93. The van der Waals surface area contributed by atoms with E-state index in [2.05, 4.69) is 29.5 Å². The van der Waals surface area contributed by atoms with Crippen LogP contribution in [0.1, 0.15) is 81.1 Å². The van der Waals surface area contributed by atoms with E-state index in [4.69, 9.17) is 4.42 Å². The number of hydrogen-bond acceptors (Lipinski definition) is 4. The molecule has 1 aliphatic rings. The van der Waals surface area contributed by atoms with Crippen LogP contribution in [0.25, 0.3) is 0 Å². The van der Waals surface area contributed by atoms with Gasteiger partial charge in [0.2, 0.25) is 0 Å². The predicted molar refractivity (Wildman–Crippen MR) is 87.0 cm³/mol. The summed E-state index contributed by atoms with van der Waals surface area (Å²) in [5.74, 6) is 0.934. The molecule has 1 atom stereocenters. The molecule has 1 aromatic rings. The zero-order valence-electron chi connectivity index (χ0n) is 13.9. The summed E-state index contributed by atoms with van der Waals surface area (Å²) >= 11 is 0.